The summed E-state index contributed by atoms with van der Waals surface area (Å²) in [6.07, 6.45) is 4.92. The van der Waals surface area contributed by atoms with Crippen LogP contribution in [0.1, 0.15) is 12.8 Å². The molecule has 1 aliphatic rings. The molecule has 6 heavy (non-hydrogen) atoms. The van der Waals surface area contributed by atoms with Crippen molar-refractivity contribution >= 4 is 45.2 Å². The lowest BCUT2D eigenvalue weighted by Gasteiger charge is -2.28. The molecular weight excluding hydrogens is 302 g/mol. The van der Waals surface area contributed by atoms with Crippen LogP contribution in [0.4, 0.5) is 0 Å². The molecule has 0 spiro atoms. The van der Waals surface area contributed by atoms with Gasteiger partial charge >= 0.3 is 0 Å². The van der Waals surface area contributed by atoms with E-state index in [2.05, 4.69) is 51.6 Å². The molecule has 0 aromatic carbocycles. The van der Waals surface area contributed by atoms with Gasteiger partial charge < -0.3 is 0 Å². The van der Waals surface area contributed by atoms with Gasteiger partial charge in [0, 0.05) is 0 Å². The zero-order valence-corrected chi connectivity index (χ0v) is 7.56. The van der Waals surface area contributed by atoms with Crippen LogP contribution in [0.25, 0.3) is 0 Å². The molecule has 0 N–H and O–H groups in total. The molecule has 0 amide bonds. The molecule has 0 bridgehead atoms. The maximum absolute atomic E-state index is 2.48. The third kappa shape index (κ3) is 1.21. The maximum atomic E-state index is 2.48. The second-order valence-electron chi connectivity index (χ2n) is 1.55. The van der Waals surface area contributed by atoms with Crippen molar-refractivity contribution in [3.8, 4) is 0 Å². The Morgan fingerprint density at radius 1 is 1.33 bits per heavy atom. The van der Waals surface area contributed by atoms with E-state index in [9.17, 15) is 0 Å². The van der Waals surface area contributed by atoms with Crippen molar-refractivity contribution in [2.75, 3.05) is 0 Å². The summed E-state index contributed by atoms with van der Waals surface area (Å²) in [5.41, 5.74) is 0. The summed E-state index contributed by atoms with van der Waals surface area (Å²) in [7, 11) is 0. The lowest BCUT2D eigenvalue weighted by Crippen LogP contribution is -2.21. The zero-order valence-electron chi connectivity index (χ0n) is 3.25. The summed E-state index contributed by atoms with van der Waals surface area (Å²) in [4.78, 5) is 0. The fraction of sp³-hybridized carbons (Fsp3) is 0.750. The van der Waals surface area contributed by atoms with Gasteiger partial charge in [-0.2, -0.15) is 0 Å². The van der Waals surface area contributed by atoms with Crippen LogP contribution in [0.3, 0.4) is 0 Å². The first-order valence-electron chi connectivity index (χ1n) is 1.90. The minimum absolute atomic E-state index is 0.607. The van der Waals surface area contributed by atoms with Gasteiger partial charge in [-0.05, 0) is 19.3 Å². The standard InChI is InChI=1S/C4H5I2/c5-4(6)2-1-3-4/h1H,2-3H2. The number of alkyl halides is 2. The fourth-order valence-electron chi connectivity index (χ4n) is 0.363. The number of rotatable bonds is 0. The molecule has 0 unspecified atom stereocenters. The van der Waals surface area contributed by atoms with Crippen LogP contribution < -0.4 is 0 Å². The third-order valence-electron chi connectivity index (χ3n) is 0.886. The molecule has 1 fully saturated rings. The molecule has 1 rings (SSSR count). The van der Waals surface area contributed by atoms with Crippen molar-refractivity contribution in [1.82, 2.24) is 0 Å². The van der Waals surface area contributed by atoms with Crippen molar-refractivity contribution in [1.29, 1.82) is 0 Å². The predicted octanol–water partition coefficient (Wildman–Crippen LogP) is 2.55. The molecule has 0 aromatic heterocycles. The topological polar surface area (TPSA) is 0 Å². The SMILES string of the molecule is IC1(I)C[CH]C1. The van der Waals surface area contributed by atoms with Crippen molar-refractivity contribution in [3.63, 3.8) is 0 Å². The van der Waals surface area contributed by atoms with E-state index in [1.807, 2.05) is 0 Å². The van der Waals surface area contributed by atoms with Gasteiger partial charge in [0.05, 0.1) is 1.43 Å². The highest BCUT2D eigenvalue weighted by Crippen LogP contribution is 2.45. The van der Waals surface area contributed by atoms with Gasteiger partial charge in [0.2, 0.25) is 0 Å². The van der Waals surface area contributed by atoms with E-state index in [4.69, 9.17) is 0 Å². The van der Waals surface area contributed by atoms with Gasteiger partial charge in [0.1, 0.15) is 0 Å². The Kier molecular flexibility index (Phi) is 1.64. The zero-order chi connectivity index (χ0) is 4.62. The number of hydrogen-bond donors (Lipinski definition) is 0. The molecule has 0 atom stereocenters. The van der Waals surface area contributed by atoms with Gasteiger partial charge in [-0.1, -0.05) is 45.2 Å². The highest BCUT2D eigenvalue weighted by Gasteiger charge is 2.29. The molecule has 1 radical (unpaired) electrons. The van der Waals surface area contributed by atoms with E-state index in [0.29, 0.717) is 1.43 Å². The van der Waals surface area contributed by atoms with Gasteiger partial charge in [0.15, 0.2) is 0 Å². The van der Waals surface area contributed by atoms with Crippen LogP contribution in [0.5, 0.6) is 0 Å². The van der Waals surface area contributed by atoms with E-state index < -0.39 is 0 Å². The fourth-order valence-corrected chi connectivity index (χ4v) is 1.61. The van der Waals surface area contributed by atoms with E-state index in [-0.39, 0.29) is 0 Å². The molecule has 1 saturated carbocycles. The molecule has 0 heterocycles. The average molecular weight is 307 g/mol. The third-order valence-corrected chi connectivity index (χ3v) is 2.65. The van der Waals surface area contributed by atoms with E-state index in [1.54, 1.807) is 0 Å². The summed E-state index contributed by atoms with van der Waals surface area (Å²) in [5.74, 6) is 0. The van der Waals surface area contributed by atoms with Gasteiger partial charge in [-0.25, -0.2) is 0 Å². The summed E-state index contributed by atoms with van der Waals surface area (Å²) in [5, 5.41) is 0. The molecule has 0 nitrogen and oxygen atoms in total. The second kappa shape index (κ2) is 1.76. The number of halogens is 2. The van der Waals surface area contributed by atoms with Crippen molar-refractivity contribution in [2.45, 2.75) is 14.3 Å². The van der Waals surface area contributed by atoms with Crippen molar-refractivity contribution in [2.24, 2.45) is 0 Å². The first kappa shape index (κ1) is 5.59. The van der Waals surface area contributed by atoms with Crippen LogP contribution in [0.15, 0.2) is 0 Å². The second-order valence-corrected chi connectivity index (χ2v) is 7.75. The molecular formula is C4H5I2. The first-order valence-corrected chi connectivity index (χ1v) is 4.06. The summed E-state index contributed by atoms with van der Waals surface area (Å²) >= 11 is 4.97. The Morgan fingerprint density at radius 2 is 1.67 bits per heavy atom. The Morgan fingerprint density at radius 3 is 1.67 bits per heavy atom. The minimum atomic E-state index is 0.607. The van der Waals surface area contributed by atoms with Crippen LogP contribution in [0, 0.1) is 6.42 Å². The van der Waals surface area contributed by atoms with Crippen molar-refractivity contribution in [3.05, 3.63) is 6.42 Å². The molecule has 0 aromatic rings. The molecule has 0 aliphatic heterocycles. The highest BCUT2D eigenvalue weighted by molar-refractivity contribution is 14.2. The first-order chi connectivity index (χ1) is 2.71. The molecule has 2 heteroatoms. The number of hydrogen-bond acceptors (Lipinski definition) is 0. The minimum Gasteiger partial charge on any atom is -0.0672 e. The lowest BCUT2D eigenvalue weighted by atomic mass is 10.0. The van der Waals surface area contributed by atoms with E-state index in [0.717, 1.165) is 0 Å². The smallest absolute Gasteiger partial charge is 0.0672 e. The highest BCUT2D eigenvalue weighted by atomic mass is 127. The Labute approximate surface area is 65.4 Å². The van der Waals surface area contributed by atoms with Crippen LogP contribution in [0.2, 0.25) is 0 Å². The van der Waals surface area contributed by atoms with E-state index in [1.165, 1.54) is 12.8 Å². The molecule has 35 valence electrons. The van der Waals surface area contributed by atoms with Crippen LogP contribution in [-0.4, -0.2) is 1.43 Å². The Bertz CT molecular complexity index is 52.6. The van der Waals surface area contributed by atoms with Crippen molar-refractivity contribution < 1.29 is 0 Å². The van der Waals surface area contributed by atoms with Gasteiger partial charge in [0.25, 0.3) is 0 Å². The lowest BCUT2D eigenvalue weighted by molar-refractivity contribution is 0.676. The summed E-state index contributed by atoms with van der Waals surface area (Å²) in [6.45, 7) is 0. The van der Waals surface area contributed by atoms with Gasteiger partial charge in [-0.3, -0.25) is 0 Å². The quantitative estimate of drug-likeness (QED) is 0.477. The average Bonchev–Trinajstić information content (AvgIpc) is 1.32. The van der Waals surface area contributed by atoms with Crippen LogP contribution >= 0.6 is 45.2 Å². The van der Waals surface area contributed by atoms with Crippen LogP contribution in [-0.2, 0) is 0 Å². The monoisotopic (exact) mass is 307 g/mol. The van der Waals surface area contributed by atoms with Gasteiger partial charge in [-0.15, -0.1) is 0 Å². The summed E-state index contributed by atoms with van der Waals surface area (Å²) < 4.78 is 0.607. The largest absolute Gasteiger partial charge is 0.0740 e. The molecule has 0 saturated heterocycles. The normalized spacial score (nSPS) is 29.0. The molecule has 1 aliphatic carbocycles. The predicted molar refractivity (Wildman–Crippen MR) is 44.3 cm³/mol. The summed E-state index contributed by atoms with van der Waals surface area (Å²) in [6, 6.07) is 0. The van der Waals surface area contributed by atoms with E-state index >= 15 is 0 Å². The maximum Gasteiger partial charge on any atom is 0.0740 e. The Balaban J connectivity index is 2.31. The Hall–Kier alpha value is 1.46.